The summed E-state index contributed by atoms with van der Waals surface area (Å²) in [6.07, 6.45) is 3.39. The van der Waals surface area contributed by atoms with Crippen LogP contribution in [0.2, 0.25) is 0 Å². The first-order valence-electron chi connectivity index (χ1n) is 10.7. The average molecular weight is 481 g/mol. The number of rotatable bonds is 5. The summed E-state index contributed by atoms with van der Waals surface area (Å²) in [5.41, 5.74) is 3.05. The van der Waals surface area contributed by atoms with Gasteiger partial charge in [-0.1, -0.05) is 59.9 Å². The number of aryl methyl sites for hydroxylation is 1. The number of thiocarbonyl (C=S) groups is 1. The van der Waals surface area contributed by atoms with Crippen LogP contribution in [-0.4, -0.2) is 58.4 Å². The number of imide groups is 1. The first kappa shape index (κ1) is 23.4. The van der Waals surface area contributed by atoms with Crippen molar-refractivity contribution in [2.45, 2.75) is 18.6 Å². The molecule has 1 atom stereocenters. The Hall–Kier alpha value is -2.81. The zero-order valence-corrected chi connectivity index (χ0v) is 19.9. The third-order valence-electron chi connectivity index (χ3n) is 5.53. The fourth-order valence-corrected chi connectivity index (χ4v) is 5.17. The Morgan fingerprint density at radius 2 is 1.73 bits per heavy atom. The van der Waals surface area contributed by atoms with Gasteiger partial charge in [0.05, 0.1) is 18.9 Å². The fourth-order valence-electron chi connectivity index (χ4n) is 3.63. The van der Waals surface area contributed by atoms with E-state index >= 15 is 0 Å². The van der Waals surface area contributed by atoms with Crippen LogP contribution in [0, 0.1) is 6.92 Å². The second-order valence-electron chi connectivity index (χ2n) is 7.90. The van der Waals surface area contributed by atoms with Crippen molar-refractivity contribution in [3.8, 4) is 0 Å². The van der Waals surface area contributed by atoms with Gasteiger partial charge in [0.25, 0.3) is 0 Å². The van der Waals surface area contributed by atoms with Crippen LogP contribution in [0.3, 0.4) is 0 Å². The standard InChI is InChI=1S/C25H24N2O4S2/c1-17-2-4-18(5-3-17)6-11-21(28)19-7-9-20(10-8-19)27-23(29)16-22(24(27)30)33-25(32)26-12-14-31-15-13-26/h2-11,22H,12-16H2,1H3/b11-6+/t22-/m1/s1. The maximum atomic E-state index is 12.9. The number of ketones is 1. The van der Waals surface area contributed by atoms with E-state index in [0.29, 0.717) is 41.9 Å². The number of hydrogen-bond acceptors (Lipinski definition) is 6. The lowest BCUT2D eigenvalue weighted by molar-refractivity contribution is -0.121. The Labute approximate surface area is 202 Å². The molecule has 0 spiro atoms. The molecule has 170 valence electrons. The molecule has 33 heavy (non-hydrogen) atoms. The number of allylic oxidation sites excluding steroid dienone is 1. The molecular formula is C25H24N2O4S2. The van der Waals surface area contributed by atoms with E-state index in [-0.39, 0.29) is 24.0 Å². The van der Waals surface area contributed by atoms with Crippen molar-refractivity contribution in [3.05, 3.63) is 71.3 Å². The molecule has 2 heterocycles. The van der Waals surface area contributed by atoms with Crippen LogP contribution in [0.4, 0.5) is 5.69 Å². The van der Waals surface area contributed by atoms with Gasteiger partial charge in [-0.2, -0.15) is 0 Å². The van der Waals surface area contributed by atoms with E-state index in [1.54, 1.807) is 30.3 Å². The minimum Gasteiger partial charge on any atom is -0.378 e. The zero-order chi connectivity index (χ0) is 23.4. The molecule has 0 radical (unpaired) electrons. The predicted octanol–water partition coefficient (Wildman–Crippen LogP) is 3.87. The predicted molar refractivity (Wildman–Crippen MR) is 134 cm³/mol. The maximum Gasteiger partial charge on any atom is 0.247 e. The molecule has 0 saturated carbocycles. The Morgan fingerprint density at radius 1 is 1.06 bits per heavy atom. The van der Waals surface area contributed by atoms with Crippen LogP contribution in [0.15, 0.2) is 54.6 Å². The molecular weight excluding hydrogens is 456 g/mol. The lowest BCUT2D eigenvalue weighted by atomic mass is 10.1. The summed E-state index contributed by atoms with van der Waals surface area (Å²) in [6, 6.07) is 14.4. The average Bonchev–Trinajstić information content (AvgIpc) is 3.11. The smallest absolute Gasteiger partial charge is 0.247 e. The van der Waals surface area contributed by atoms with Gasteiger partial charge in [-0.05, 0) is 42.8 Å². The minimum atomic E-state index is -0.536. The van der Waals surface area contributed by atoms with E-state index in [9.17, 15) is 14.4 Å². The van der Waals surface area contributed by atoms with Crippen molar-refractivity contribution in [3.63, 3.8) is 0 Å². The molecule has 0 N–H and O–H groups in total. The molecule has 2 fully saturated rings. The summed E-state index contributed by atoms with van der Waals surface area (Å²) in [5.74, 6) is -0.690. The van der Waals surface area contributed by atoms with Gasteiger partial charge in [-0.15, -0.1) is 0 Å². The molecule has 4 rings (SSSR count). The number of morpholine rings is 1. The second kappa shape index (κ2) is 10.4. The molecule has 2 aliphatic heterocycles. The molecule has 2 aromatic rings. The lowest BCUT2D eigenvalue weighted by Gasteiger charge is -2.29. The van der Waals surface area contributed by atoms with Gasteiger partial charge in [0, 0.05) is 25.1 Å². The second-order valence-corrected chi connectivity index (χ2v) is 9.74. The first-order chi connectivity index (χ1) is 15.9. The van der Waals surface area contributed by atoms with Gasteiger partial charge in [-0.25, -0.2) is 4.90 Å². The Morgan fingerprint density at radius 3 is 2.39 bits per heavy atom. The van der Waals surface area contributed by atoms with Crippen molar-refractivity contribution in [1.82, 2.24) is 4.90 Å². The Kier molecular flexibility index (Phi) is 7.37. The summed E-state index contributed by atoms with van der Waals surface area (Å²) >= 11 is 6.74. The van der Waals surface area contributed by atoms with Gasteiger partial charge in [0.1, 0.15) is 9.57 Å². The van der Waals surface area contributed by atoms with Crippen molar-refractivity contribution < 1.29 is 19.1 Å². The highest BCUT2D eigenvalue weighted by Gasteiger charge is 2.41. The summed E-state index contributed by atoms with van der Waals surface area (Å²) < 4.78 is 5.95. The Bertz CT molecular complexity index is 1090. The zero-order valence-electron chi connectivity index (χ0n) is 18.2. The minimum absolute atomic E-state index is 0.105. The third-order valence-corrected chi connectivity index (χ3v) is 7.19. The molecule has 8 heteroatoms. The van der Waals surface area contributed by atoms with E-state index in [2.05, 4.69) is 0 Å². The topological polar surface area (TPSA) is 66.9 Å². The van der Waals surface area contributed by atoms with Crippen molar-refractivity contribution in [2.24, 2.45) is 0 Å². The highest BCUT2D eigenvalue weighted by atomic mass is 32.2. The van der Waals surface area contributed by atoms with Crippen molar-refractivity contribution in [1.29, 1.82) is 0 Å². The summed E-state index contributed by atoms with van der Waals surface area (Å²) in [7, 11) is 0. The van der Waals surface area contributed by atoms with Crippen LogP contribution in [0.5, 0.6) is 0 Å². The number of amides is 2. The van der Waals surface area contributed by atoms with E-state index in [0.717, 1.165) is 11.1 Å². The highest BCUT2D eigenvalue weighted by molar-refractivity contribution is 8.23. The fraction of sp³-hybridized carbons (Fsp3) is 0.280. The van der Waals surface area contributed by atoms with E-state index in [1.807, 2.05) is 36.1 Å². The van der Waals surface area contributed by atoms with Gasteiger partial charge < -0.3 is 9.64 Å². The Balaban J connectivity index is 1.39. The SMILES string of the molecule is Cc1ccc(/C=C/C(=O)c2ccc(N3C(=O)C[C@@H](SC(=S)N4CCOCC4)C3=O)cc2)cc1. The van der Waals surface area contributed by atoms with Gasteiger partial charge in [0.2, 0.25) is 11.8 Å². The van der Waals surface area contributed by atoms with Crippen LogP contribution in [0.1, 0.15) is 27.9 Å². The van der Waals surface area contributed by atoms with Crippen molar-refractivity contribution in [2.75, 3.05) is 31.2 Å². The van der Waals surface area contributed by atoms with Gasteiger partial charge >= 0.3 is 0 Å². The molecule has 6 nitrogen and oxygen atoms in total. The normalized spacial score (nSPS) is 18.9. The maximum absolute atomic E-state index is 12.9. The van der Waals surface area contributed by atoms with E-state index in [1.165, 1.54) is 22.7 Å². The van der Waals surface area contributed by atoms with Crippen LogP contribution in [0.25, 0.3) is 6.08 Å². The van der Waals surface area contributed by atoms with Crippen molar-refractivity contribution >= 4 is 57.7 Å². The number of nitrogens with zero attached hydrogens (tertiary/aromatic N) is 2. The number of anilines is 1. The lowest BCUT2D eigenvalue weighted by Crippen LogP contribution is -2.39. The molecule has 2 aliphatic rings. The number of carbonyl (C=O) groups excluding carboxylic acids is 3. The van der Waals surface area contributed by atoms with Gasteiger partial charge in [0.15, 0.2) is 5.78 Å². The van der Waals surface area contributed by atoms with Gasteiger partial charge in [-0.3, -0.25) is 14.4 Å². The first-order valence-corrected chi connectivity index (χ1v) is 12.0. The van der Waals surface area contributed by atoms with E-state index in [4.69, 9.17) is 17.0 Å². The third kappa shape index (κ3) is 5.58. The van der Waals surface area contributed by atoms with E-state index < -0.39 is 5.25 Å². The number of ether oxygens (including phenoxy) is 1. The number of thioether (sulfide) groups is 1. The molecule has 2 saturated heterocycles. The highest BCUT2D eigenvalue weighted by Crippen LogP contribution is 2.31. The molecule has 2 amide bonds. The molecule has 0 bridgehead atoms. The number of hydrogen-bond donors (Lipinski definition) is 0. The van der Waals surface area contributed by atoms with Crippen LogP contribution in [-0.2, 0) is 14.3 Å². The molecule has 0 aromatic heterocycles. The largest absolute Gasteiger partial charge is 0.378 e. The molecule has 0 unspecified atom stereocenters. The summed E-state index contributed by atoms with van der Waals surface area (Å²) in [4.78, 5) is 41.2. The quantitative estimate of drug-likeness (QED) is 0.279. The number of carbonyl (C=O) groups is 3. The molecule has 0 aliphatic carbocycles. The summed E-state index contributed by atoms with van der Waals surface area (Å²) in [6.45, 7) is 4.61. The van der Waals surface area contributed by atoms with Crippen LogP contribution < -0.4 is 4.90 Å². The molecule has 2 aromatic carbocycles. The summed E-state index contributed by atoms with van der Waals surface area (Å²) in [5, 5.41) is -0.536. The number of benzene rings is 2. The van der Waals surface area contributed by atoms with Crippen LogP contribution >= 0.6 is 24.0 Å². The monoisotopic (exact) mass is 480 g/mol.